The number of fused-ring (bicyclic) bond motifs is 15. The van der Waals surface area contributed by atoms with Crippen LogP contribution in [0.3, 0.4) is 0 Å². The zero-order valence-corrected chi connectivity index (χ0v) is 18.1. The number of rotatable bonds is 0. The quantitative estimate of drug-likeness (QED) is 0.216. The summed E-state index contributed by atoms with van der Waals surface area (Å²) in [6.45, 7) is 0. The van der Waals surface area contributed by atoms with Crippen molar-refractivity contribution in [3.8, 4) is 11.1 Å². The van der Waals surface area contributed by atoms with E-state index in [2.05, 4.69) is 109 Å². The van der Waals surface area contributed by atoms with E-state index in [1.165, 1.54) is 76.1 Å². The summed E-state index contributed by atoms with van der Waals surface area (Å²) < 4.78 is 0. The second-order valence-electron chi connectivity index (χ2n) is 9.23. The van der Waals surface area contributed by atoms with E-state index in [1.54, 1.807) is 0 Å². The molecule has 1 aliphatic rings. The molecule has 7 aromatic carbocycles. The van der Waals surface area contributed by atoms with Crippen molar-refractivity contribution in [1.29, 1.82) is 0 Å². The van der Waals surface area contributed by atoms with Gasteiger partial charge >= 0.3 is 0 Å². The third-order valence-corrected chi connectivity index (χ3v) is 7.68. The van der Waals surface area contributed by atoms with E-state index in [-0.39, 0.29) is 0 Å². The smallest absolute Gasteiger partial charge is 0.0000657 e. The summed E-state index contributed by atoms with van der Waals surface area (Å²) in [4.78, 5) is 0. The first-order valence-corrected chi connectivity index (χ1v) is 11.7. The summed E-state index contributed by atoms with van der Waals surface area (Å²) in [5.41, 5.74) is 5.79. The number of hydrogen-bond donors (Lipinski definition) is 0. The minimum absolute atomic E-state index is 0.982. The van der Waals surface area contributed by atoms with Crippen molar-refractivity contribution in [2.45, 2.75) is 6.42 Å². The molecule has 0 bridgehead atoms. The van der Waals surface area contributed by atoms with Gasteiger partial charge in [-0.25, -0.2) is 0 Å². The molecule has 0 amide bonds. The molecule has 1 aliphatic carbocycles. The Bertz CT molecular complexity index is 1900. The molecule has 7 aromatic rings. The molecule has 33 heavy (non-hydrogen) atoms. The molecule has 0 fully saturated rings. The van der Waals surface area contributed by atoms with Crippen LogP contribution in [-0.4, -0.2) is 0 Å². The Morgan fingerprint density at radius 3 is 1.39 bits per heavy atom. The van der Waals surface area contributed by atoms with Crippen molar-refractivity contribution in [2.24, 2.45) is 0 Å². The van der Waals surface area contributed by atoms with Gasteiger partial charge in [-0.2, -0.15) is 0 Å². The van der Waals surface area contributed by atoms with E-state index in [9.17, 15) is 0 Å². The standard InChI is InChI=1S/C33H20/c1-3-13-24-20(9-1)22-11-5-7-15-26(22)32-28(24)17-18-29-31(32)19-30-25-14-4-2-10-21(25)23-12-6-8-16-27(23)33(29)30/h1-18H,19H2. The predicted molar refractivity (Wildman–Crippen MR) is 142 cm³/mol. The third-order valence-electron chi connectivity index (χ3n) is 7.68. The zero-order valence-electron chi connectivity index (χ0n) is 18.1. The third kappa shape index (κ3) is 2.16. The Hall–Kier alpha value is -4.16. The van der Waals surface area contributed by atoms with E-state index in [4.69, 9.17) is 0 Å². The van der Waals surface area contributed by atoms with Gasteiger partial charge in [0.05, 0.1) is 0 Å². The van der Waals surface area contributed by atoms with Crippen LogP contribution in [0.5, 0.6) is 0 Å². The Balaban J connectivity index is 1.61. The van der Waals surface area contributed by atoms with Crippen molar-refractivity contribution in [1.82, 2.24) is 0 Å². The SMILES string of the molecule is c1ccc2c(c1)c1c(c3ccccc32)-c2ccc3c4ccccc4c4ccccc4c3c2C1. The Labute approximate surface area is 191 Å². The normalized spacial score (nSPS) is 12.7. The fourth-order valence-corrected chi connectivity index (χ4v) is 6.37. The van der Waals surface area contributed by atoms with Crippen molar-refractivity contribution in [3.63, 3.8) is 0 Å². The fraction of sp³-hybridized carbons (Fsp3) is 0.0303. The van der Waals surface area contributed by atoms with E-state index in [0.717, 1.165) is 6.42 Å². The molecule has 0 aliphatic heterocycles. The molecule has 0 atom stereocenters. The van der Waals surface area contributed by atoms with Crippen molar-refractivity contribution >= 4 is 53.9 Å². The van der Waals surface area contributed by atoms with Gasteiger partial charge in [0.15, 0.2) is 0 Å². The van der Waals surface area contributed by atoms with Crippen LogP contribution in [-0.2, 0) is 6.42 Å². The maximum atomic E-state index is 2.38. The summed E-state index contributed by atoms with van der Waals surface area (Å²) in [6, 6.07) is 40.4. The molecule has 0 saturated heterocycles. The lowest BCUT2D eigenvalue weighted by Crippen LogP contribution is -1.89. The topological polar surface area (TPSA) is 0 Å². The highest BCUT2D eigenvalue weighted by Gasteiger charge is 2.26. The Kier molecular flexibility index (Phi) is 3.27. The maximum absolute atomic E-state index is 2.38. The van der Waals surface area contributed by atoms with Crippen LogP contribution < -0.4 is 0 Å². The highest BCUT2D eigenvalue weighted by Crippen LogP contribution is 2.50. The molecule has 0 spiro atoms. The number of benzene rings is 7. The van der Waals surface area contributed by atoms with Gasteiger partial charge in [0.25, 0.3) is 0 Å². The number of hydrogen-bond acceptors (Lipinski definition) is 0. The lowest BCUT2D eigenvalue weighted by Gasteiger charge is -2.14. The van der Waals surface area contributed by atoms with E-state index in [0.29, 0.717) is 0 Å². The molecule has 0 nitrogen and oxygen atoms in total. The molecule has 0 aromatic heterocycles. The van der Waals surface area contributed by atoms with Gasteiger partial charge in [-0.05, 0) is 82.5 Å². The van der Waals surface area contributed by atoms with Crippen LogP contribution >= 0.6 is 0 Å². The van der Waals surface area contributed by atoms with Gasteiger partial charge in [0.1, 0.15) is 0 Å². The zero-order chi connectivity index (χ0) is 21.5. The van der Waals surface area contributed by atoms with E-state index < -0.39 is 0 Å². The van der Waals surface area contributed by atoms with E-state index in [1.807, 2.05) is 0 Å². The predicted octanol–water partition coefficient (Wildman–Crippen LogP) is 9.02. The molecule has 0 unspecified atom stereocenters. The molecule has 0 saturated carbocycles. The average molecular weight is 417 g/mol. The maximum Gasteiger partial charge on any atom is -0.0000657 e. The van der Waals surface area contributed by atoms with Crippen LogP contribution in [0.4, 0.5) is 0 Å². The minimum atomic E-state index is 0.982. The summed E-state index contributed by atoms with van der Waals surface area (Å²) in [6.07, 6.45) is 0.982. The molecule has 8 rings (SSSR count). The van der Waals surface area contributed by atoms with Gasteiger partial charge in [-0.15, -0.1) is 0 Å². The minimum Gasteiger partial charge on any atom is -0.0616 e. The molecular formula is C33H20. The summed E-state index contributed by atoms with van der Waals surface area (Å²) in [5, 5.41) is 13.7. The van der Waals surface area contributed by atoms with Crippen LogP contribution in [0, 0.1) is 0 Å². The van der Waals surface area contributed by atoms with Crippen molar-refractivity contribution < 1.29 is 0 Å². The van der Waals surface area contributed by atoms with Gasteiger partial charge < -0.3 is 0 Å². The fourth-order valence-electron chi connectivity index (χ4n) is 6.37. The lowest BCUT2D eigenvalue weighted by atomic mass is 9.89. The highest BCUT2D eigenvalue weighted by molar-refractivity contribution is 6.28. The van der Waals surface area contributed by atoms with Crippen molar-refractivity contribution in [3.05, 3.63) is 120 Å². The molecule has 0 heterocycles. The van der Waals surface area contributed by atoms with Crippen LogP contribution in [0.2, 0.25) is 0 Å². The average Bonchev–Trinajstić information content (AvgIpc) is 3.29. The summed E-state index contributed by atoms with van der Waals surface area (Å²) >= 11 is 0. The molecule has 0 N–H and O–H groups in total. The van der Waals surface area contributed by atoms with Gasteiger partial charge in [-0.1, -0.05) is 109 Å². The van der Waals surface area contributed by atoms with Crippen LogP contribution in [0.25, 0.3) is 65.0 Å². The van der Waals surface area contributed by atoms with Crippen molar-refractivity contribution in [2.75, 3.05) is 0 Å². The van der Waals surface area contributed by atoms with Gasteiger partial charge in [0.2, 0.25) is 0 Å². The second kappa shape index (κ2) is 6.21. The lowest BCUT2D eigenvalue weighted by molar-refractivity contribution is 1.31. The highest BCUT2D eigenvalue weighted by atomic mass is 14.3. The molecule has 0 radical (unpaired) electrons. The van der Waals surface area contributed by atoms with Gasteiger partial charge in [-0.3, -0.25) is 0 Å². The van der Waals surface area contributed by atoms with E-state index >= 15 is 0 Å². The van der Waals surface area contributed by atoms with Gasteiger partial charge in [0, 0.05) is 0 Å². The largest absolute Gasteiger partial charge is 0.0616 e. The monoisotopic (exact) mass is 416 g/mol. The Morgan fingerprint density at radius 2 is 0.758 bits per heavy atom. The molecule has 152 valence electrons. The summed E-state index contributed by atoms with van der Waals surface area (Å²) in [5.74, 6) is 0. The Morgan fingerprint density at radius 1 is 0.333 bits per heavy atom. The molecule has 0 heteroatoms. The second-order valence-corrected chi connectivity index (χ2v) is 9.23. The first-order chi connectivity index (χ1) is 16.4. The summed E-state index contributed by atoms with van der Waals surface area (Å²) in [7, 11) is 0. The first kappa shape index (κ1) is 17.4. The first-order valence-electron chi connectivity index (χ1n) is 11.7. The molecular weight excluding hydrogens is 396 g/mol. The van der Waals surface area contributed by atoms with Crippen LogP contribution in [0.15, 0.2) is 109 Å². The van der Waals surface area contributed by atoms with Crippen LogP contribution in [0.1, 0.15) is 11.1 Å².